The number of hydrogen-bond acceptors (Lipinski definition) is 6. The van der Waals surface area contributed by atoms with E-state index in [2.05, 4.69) is 45.1 Å². The monoisotopic (exact) mass is 568 g/mol. The maximum Gasteiger partial charge on any atom is 0.256 e. The SMILES string of the molecule is COc1cc2cc3c(cc2cc1OCCCCCCCCN1CCN(c2ccccc2)CC1)C(=O)N1CCC[C@H]1C=N3. The van der Waals surface area contributed by atoms with Crippen LogP contribution in [0.3, 0.4) is 0 Å². The van der Waals surface area contributed by atoms with Crippen molar-refractivity contribution in [2.45, 2.75) is 57.4 Å². The summed E-state index contributed by atoms with van der Waals surface area (Å²) in [5.41, 5.74) is 2.76. The van der Waals surface area contributed by atoms with Crippen LogP contribution in [-0.4, -0.2) is 80.9 Å². The second-order valence-corrected chi connectivity index (χ2v) is 11.8. The standard InChI is InChI=1S/C35H44N4O3/c1-41-33-24-28-23-32-31(35(40)39-16-11-14-30(39)26-36-32)22-27(28)25-34(33)42-21-10-5-3-2-4-9-15-37-17-19-38(20-18-37)29-12-7-6-8-13-29/h6-8,12-13,22-26,30H,2-5,9-11,14-21H2,1H3/t30-/m0/s1. The third-order valence-corrected chi connectivity index (χ3v) is 9.03. The van der Waals surface area contributed by atoms with Crippen molar-refractivity contribution in [2.75, 3.05) is 57.9 Å². The van der Waals surface area contributed by atoms with E-state index in [0.717, 1.165) is 79.9 Å². The number of hydrogen-bond donors (Lipinski definition) is 0. The van der Waals surface area contributed by atoms with E-state index in [1.165, 1.54) is 44.3 Å². The molecular weight excluding hydrogens is 524 g/mol. The second-order valence-electron chi connectivity index (χ2n) is 11.8. The molecule has 42 heavy (non-hydrogen) atoms. The zero-order valence-corrected chi connectivity index (χ0v) is 25.0. The van der Waals surface area contributed by atoms with Crippen molar-refractivity contribution < 1.29 is 14.3 Å². The van der Waals surface area contributed by atoms with Crippen LogP contribution >= 0.6 is 0 Å². The van der Waals surface area contributed by atoms with E-state index in [1.807, 2.05) is 35.4 Å². The molecule has 0 aliphatic carbocycles. The van der Waals surface area contributed by atoms with Crippen molar-refractivity contribution in [3.8, 4) is 11.5 Å². The molecule has 0 N–H and O–H groups in total. The molecule has 6 rings (SSSR count). The highest BCUT2D eigenvalue weighted by Crippen LogP contribution is 2.37. The topological polar surface area (TPSA) is 57.6 Å². The Morgan fingerprint density at radius 2 is 1.57 bits per heavy atom. The van der Waals surface area contributed by atoms with Crippen LogP contribution in [0.15, 0.2) is 59.6 Å². The van der Waals surface area contributed by atoms with E-state index >= 15 is 0 Å². The molecule has 7 heteroatoms. The molecule has 0 radical (unpaired) electrons. The number of carbonyl (C=O) groups is 1. The lowest BCUT2D eigenvalue weighted by molar-refractivity contribution is 0.0775. The van der Waals surface area contributed by atoms with Crippen molar-refractivity contribution in [3.63, 3.8) is 0 Å². The Labute approximate surface area is 250 Å². The maximum absolute atomic E-state index is 13.2. The summed E-state index contributed by atoms with van der Waals surface area (Å²) < 4.78 is 11.8. The van der Waals surface area contributed by atoms with Crippen LogP contribution in [0, 0.1) is 0 Å². The molecule has 222 valence electrons. The highest BCUT2D eigenvalue weighted by Gasteiger charge is 2.31. The summed E-state index contributed by atoms with van der Waals surface area (Å²) in [6.45, 7) is 7.26. The fourth-order valence-corrected chi connectivity index (χ4v) is 6.56. The average Bonchev–Trinajstić information content (AvgIpc) is 3.47. The van der Waals surface area contributed by atoms with Crippen LogP contribution in [0.5, 0.6) is 11.5 Å². The van der Waals surface area contributed by atoms with Gasteiger partial charge in [0, 0.05) is 44.6 Å². The molecule has 0 spiro atoms. The largest absolute Gasteiger partial charge is 0.493 e. The Balaban J connectivity index is 0.916. The van der Waals surface area contributed by atoms with Crippen LogP contribution < -0.4 is 14.4 Å². The average molecular weight is 569 g/mol. The molecule has 0 saturated carbocycles. The molecule has 1 atom stereocenters. The van der Waals surface area contributed by atoms with E-state index < -0.39 is 0 Å². The van der Waals surface area contributed by atoms with Crippen LogP contribution in [0.4, 0.5) is 11.4 Å². The Hall–Kier alpha value is -3.58. The first-order valence-electron chi connectivity index (χ1n) is 15.9. The van der Waals surface area contributed by atoms with Crippen molar-refractivity contribution in [1.82, 2.24) is 9.80 Å². The molecule has 3 aromatic carbocycles. The van der Waals surface area contributed by atoms with Gasteiger partial charge in [0.2, 0.25) is 0 Å². The molecule has 3 heterocycles. The Kier molecular flexibility index (Phi) is 9.24. The highest BCUT2D eigenvalue weighted by molar-refractivity contribution is 6.07. The molecule has 3 aliphatic rings. The van der Waals surface area contributed by atoms with Gasteiger partial charge in [-0.3, -0.25) is 14.7 Å². The molecule has 2 saturated heterocycles. The summed E-state index contributed by atoms with van der Waals surface area (Å²) in [7, 11) is 1.68. The lowest BCUT2D eigenvalue weighted by atomic mass is 10.0. The van der Waals surface area contributed by atoms with Gasteiger partial charge in [0.1, 0.15) is 0 Å². The summed E-state index contributed by atoms with van der Waals surface area (Å²) in [5, 5.41) is 1.98. The molecule has 1 amide bonds. The van der Waals surface area contributed by atoms with Crippen molar-refractivity contribution in [2.24, 2.45) is 4.99 Å². The van der Waals surface area contributed by atoms with Gasteiger partial charge < -0.3 is 19.3 Å². The number of unbranched alkanes of at least 4 members (excludes halogenated alkanes) is 5. The smallest absolute Gasteiger partial charge is 0.256 e. The first kappa shape index (κ1) is 28.5. The van der Waals surface area contributed by atoms with E-state index in [0.29, 0.717) is 12.2 Å². The van der Waals surface area contributed by atoms with E-state index in [4.69, 9.17) is 9.47 Å². The molecule has 2 fully saturated rings. The lowest BCUT2D eigenvalue weighted by Gasteiger charge is -2.36. The Bertz CT molecular complexity index is 1380. The minimum atomic E-state index is 0.0795. The molecule has 0 bridgehead atoms. The summed E-state index contributed by atoms with van der Waals surface area (Å²) in [5.74, 6) is 1.54. The van der Waals surface area contributed by atoms with Gasteiger partial charge >= 0.3 is 0 Å². The quantitative estimate of drug-likeness (QED) is 0.227. The zero-order valence-electron chi connectivity index (χ0n) is 25.0. The zero-order chi connectivity index (χ0) is 28.7. The number of ether oxygens (including phenoxy) is 2. The number of aliphatic imine (C=N–C) groups is 1. The van der Waals surface area contributed by atoms with Gasteiger partial charge in [-0.05, 0) is 79.4 Å². The molecule has 3 aliphatic heterocycles. The summed E-state index contributed by atoms with van der Waals surface area (Å²) in [4.78, 5) is 25.0. The van der Waals surface area contributed by atoms with Crippen LogP contribution in [0.2, 0.25) is 0 Å². The third kappa shape index (κ3) is 6.57. The first-order chi connectivity index (χ1) is 20.7. The Morgan fingerprint density at radius 1 is 0.833 bits per heavy atom. The van der Waals surface area contributed by atoms with Crippen molar-refractivity contribution in [3.05, 3.63) is 60.2 Å². The normalized spacial score (nSPS) is 18.7. The van der Waals surface area contributed by atoms with Crippen molar-refractivity contribution >= 4 is 34.3 Å². The van der Waals surface area contributed by atoms with Gasteiger partial charge in [-0.2, -0.15) is 0 Å². The summed E-state index contributed by atoms with van der Waals surface area (Å²) in [6.07, 6.45) is 11.3. The van der Waals surface area contributed by atoms with Gasteiger partial charge in [-0.15, -0.1) is 0 Å². The van der Waals surface area contributed by atoms with Gasteiger partial charge in [0.25, 0.3) is 5.91 Å². The van der Waals surface area contributed by atoms with Crippen LogP contribution in [0.25, 0.3) is 10.8 Å². The molecular formula is C35H44N4O3. The fourth-order valence-electron chi connectivity index (χ4n) is 6.56. The van der Waals surface area contributed by atoms with Gasteiger partial charge in [-0.1, -0.05) is 43.9 Å². The molecule has 3 aromatic rings. The van der Waals surface area contributed by atoms with E-state index in [9.17, 15) is 4.79 Å². The third-order valence-electron chi connectivity index (χ3n) is 9.03. The maximum atomic E-state index is 13.2. The number of benzene rings is 3. The molecule has 7 nitrogen and oxygen atoms in total. The first-order valence-corrected chi connectivity index (χ1v) is 15.9. The van der Waals surface area contributed by atoms with E-state index in [-0.39, 0.29) is 11.9 Å². The second kappa shape index (κ2) is 13.6. The number of carbonyl (C=O) groups excluding carboxylic acids is 1. The number of anilines is 1. The van der Waals surface area contributed by atoms with E-state index in [1.54, 1.807) is 7.11 Å². The van der Waals surface area contributed by atoms with Crippen molar-refractivity contribution in [1.29, 1.82) is 0 Å². The minimum Gasteiger partial charge on any atom is -0.493 e. The van der Waals surface area contributed by atoms with Gasteiger partial charge in [0.05, 0.1) is 31.0 Å². The van der Waals surface area contributed by atoms with Gasteiger partial charge in [-0.25, -0.2) is 0 Å². The predicted molar refractivity (Wildman–Crippen MR) is 171 cm³/mol. The number of amides is 1. The number of nitrogens with zero attached hydrogens (tertiary/aromatic N) is 4. The van der Waals surface area contributed by atoms with Crippen LogP contribution in [-0.2, 0) is 0 Å². The van der Waals surface area contributed by atoms with Crippen LogP contribution in [0.1, 0.15) is 61.7 Å². The number of fused-ring (bicyclic) bond motifs is 3. The Morgan fingerprint density at radius 3 is 2.38 bits per heavy atom. The number of methoxy groups -OCH3 is 1. The summed E-state index contributed by atoms with van der Waals surface area (Å²) in [6, 6.07) is 18.9. The number of rotatable bonds is 12. The number of piperazine rings is 1. The van der Waals surface area contributed by atoms with Gasteiger partial charge in [0.15, 0.2) is 11.5 Å². The number of para-hydroxylation sites is 1. The molecule has 0 aromatic heterocycles. The summed E-state index contributed by atoms with van der Waals surface area (Å²) >= 11 is 0. The lowest BCUT2D eigenvalue weighted by Crippen LogP contribution is -2.46. The molecule has 0 unspecified atom stereocenters. The predicted octanol–water partition coefficient (Wildman–Crippen LogP) is 6.71. The fraction of sp³-hybridized carbons (Fsp3) is 0.486. The highest BCUT2D eigenvalue weighted by atomic mass is 16.5. The minimum absolute atomic E-state index is 0.0795.